The Morgan fingerprint density at radius 2 is 2.00 bits per heavy atom. The summed E-state index contributed by atoms with van der Waals surface area (Å²) in [5.41, 5.74) is 1.63. The van der Waals surface area contributed by atoms with Gasteiger partial charge in [-0.1, -0.05) is 0 Å². The zero-order valence-electron chi connectivity index (χ0n) is 13.8. The Balaban J connectivity index is 2.10. The van der Waals surface area contributed by atoms with Gasteiger partial charge in [0.2, 0.25) is 10.0 Å². The van der Waals surface area contributed by atoms with E-state index in [0.29, 0.717) is 25.2 Å². The number of hydrogen-bond donors (Lipinski definition) is 1. The maximum absolute atomic E-state index is 12.2. The van der Waals surface area contributed by atoms with Crippen LogP contribution in [0.1, 0.15) is 12.1 Å². The summed E-state index contributed by atoms with van der Waals surface area (Å²) in [5, 5.41) is 1.96. The zero-order chi connectivity index (χ0) is 18.4. The second kappa shape index (κ2) is 8.54. The highest BCUT2D eigenvalue weighted by atomic mass is 32.2. The molecule has 0 atom stereocenters. The van der Waals surface area contributed by atoms with Gasteiger partial charge in [0.15, 0.2) is 4.80 Å². The van der Waals surface area contributed by atoms with Crippen molar-refractivity contribution in [2.24, 2.45) is 4.99 Å². The van der Waals surface area contributed by atoms with Gasteiger partial charge in [0.05, 0.1) is 11.9 Å². The Morgan fingerprint density at radius 1 is 1.32 bits per heavy atom. The molecule has 2 rings (SSSR count). The Bertz CT molecular complexity index is 859. The van der Waals surface area contributed by atoms with E-state index in [1.165, 1.54) is 23.5 Å². The molecule has 0 spiro atoms. The number of ether oxygens (including phenoxy) is 1. The number of thiazole rings is 1. The van der Waals surface area contributed by atoms with Crippen LogP contribution in [0.5, 0.6) is 5.75 Å². The summed E-state index contributed by atoms with van der Waals surface area (Å²) < 4.78 is 55.2. The van der Waals surface area contributed by atoms with Crippen LogP contribution in [0.2, 0.25) is 0 Å². The molecule has 2 aromatic rings. The molecule has 1 heterocycles. The molecular formula is C15H19F2N3O3S2. The summed E-state index contributed by atoms with van der Waals surface area (Å²) in [7, 11) is -3.19. The second-order valence-electron chi connectivity index (χ2n) is 5.32. The van der Waals surface area contributed by atoms with E-state index >= 15 is 0 Å². The fourth-order valence-electron chi connectivity index (χ4n) is 2.08. The topological polar surface area (TPSA) is 72.7 Å². The predicted molar refractivity (Wildman–Crippen MR) is 92.8 cm³/mol. The van der Waals surface area contributed by atoms with E-state index < -0.39 is 16.6 Å². The number of nitrogens with zero attached hydrogens (tertiary/aromatic N) is 2. The molecule has 0 aliphatic rings. The minimum absolute atomic E-state index is 0.0797. The lowest BCUT2D eigenvalue weighted by Crippen LogP contribution is -2.25. The SMILES string of the molecule is Cc1csc(=Nc2ccc(OC(F)F)cc2)n1CCCNS(C)(=O)=O. The lowest BCUT2D eigenvalue weighted by atomic mass is 10.3. The number of hydrogen-bond acceptors (Lipinski definition) is 5. The van der Waals surface area contributed by atoms with E-state index in [0.717, 1.165) is 16.8 Å². The summed E-state index contributed by atoms with van der Waals surface area (Å²) in [6, 6.07) is 6.07. The van der Waals surface area contributed by atoms with Crippen LogP contribution in [0.25, 0.3) is 0 Å². The van der Waals surface area contributed by atoms with Crippen molar-refractivity contribution in [2.75, 3.05) is 12.8 Å². The first-order valence-corrected chi connectivity index (χ1v) is 10.2. The predicted octanol–water partition coefficient (Wildman–Crippen LogP) is 2.63. The average molecular weight is 391 g/mol. The smallest absolute Gasteiger partial charge is 0.387 e. The molecule has 1 aromatic heterocycles. The molecular weight excluding hydrogens is 372 g/mol. The Kier molecular flexibility index (Phi) is 6.68. The van der Waals surface area contributed by atoms with Crippen LogP contribution in [-0.4, -0.2) is 32.4 Å². The van der Waals surface area contributed by atoms with Crippen LogP contribution >= 0.6 is 11.3 Å². The summed E-state index contributed by atoms with van der Waals surface area (Å²) >= 11 is 1.46. The van der Waals surface area contributed by atoms with Crippen LogP contribution in [0.15, 0.2) is 34.6 Å². The number of nitrogens with one attached hydrogen (secondary N) is 1. The van der Waals surface area contributed by atoms with Gasteiger partial charge < -0.3 is 9.30 Å². The van der Waals surface area contributed by atoms with Crippen LogP contribution in [0.4, 0.5) is 14.5 Å². The van der Waals surface area contributed by atoms with Crippen molar-refractivity contribution in [1.82, 2.24) is 9.29 Å². The Morgan fingerprint density at radius 3 is 2.60 bits per heavy atom. The van der Waals surface area contributed by atoms with E-state index in [-0.39, 0.29) is 5.75 Å². The van der Waals surface area contributed by atoms with Crippen molar-refractivity contribution >= 4 is 27.0 Å². The van der Waals surface area contributed by atoms with Gasteiger partial charge in [-0.3, -0.25) is 0 Å². The number of aromatic nitrogens is 1. The first-order valence-electron chi connectivity index (χ1n) is 7.44. The fourth-order valence-corrected chi connectivity index (χ4v) is 3.52. The Hall–Kier alpha value is -1.78. The third kappa shape index (κ3) is 6.56. The van der Waals surface area contributed by atoms with Gasteiger partial charge in [0.1, 0.15) is 5.75 Å². The third-order valence-corrected chi connectivity index (χ3v) is 4.91. The van der Waals surface area contributed by atoms with Gasteiger partial charge in [-0.15, -0.1) is 11.3 Å². The van der Waals surface area contributed by atoms with Gasteiger partial charge in [0, 0.05) is 24.2 Å². The zero-order valence-corrected chi connectivity index (χ0v) is 15.4. The number of rotatable bonds is 8. The summed E-state index contributed by atoms with van der Waals surface area (Å²) in [6.45, 7) is 0.0493. The highest BCUT2D eigenvalue weighted by Crippen LogP contribution is 2.19. The average Bonchev–Trinajstić information content (AvgIpc) is 2.85. The second-order valence-corrected chi connectivity index (χ2v) is 7.99. The maximum atomic E-state index is 12.2. The van der Waals surface area contributed by atoms with Crippen molar-refractivity contribution in [3.05, 3.63) is 40.1 Å². The highest BCUT2D eigenvalue weighted by Gasteiger charge is 2.05. The molecule has 0 unspecified atom stereocenters. The largest absolute Gasteiger partial charge is 0.435 e. The van der Waals surface area contributed by atoms with Crippen molar-refractivity contribution in [3.8, 4) is 5.75 Å². The van der Waals surface area contributed by atoms with Crippen LogP contribution in [0, 0.1) is 6.92 Å². The first kappa shape index (κ1) is 19.5. The molecule has 0 saturated heterocycles. The van der Waals surface area contributed by atoms with Crippen LogP contribution in [-0.2, 0) is 16.6 Å². The summed E-state index contributed by atoms with van der Waals surface area (Å²) in [6.07, 6.45) is 1.75. The normalized spacial score (nSPS) is 12.8. The van der Waals surface area contributed by atoms with Crippen molar-refractivity contribution < 1.29 is 21.9 Å². The van der Waals surface area contributed by atoms with Crippen molar-refractivity contribution in [1.29, 1.82) is 0 Å². The van der Waals surface area contributed by atoms with Gasteiger partial charge in [-0.05, 0) is 37.6 Å². The van der Waals surface area contributed by atoms with Gasteiger partial charge in [0.25, 0.3) is 0 Å². The summed E-state index contributed by atoms with van der Waals surface area (Å²) in [5.74, 6) is 0.0797. The van der Waals surface area contributed by atoms with E-state index in [2.05, 4.69) is 14.5 Å². The standard InChI is InChI=1S/C15H19F2N3O3S2/c1-11-10-24-15(20(11)9-3-8-18-25(2,21)22)19-12-4-6-13(7-5-12)23-14(16)17/h4-7,10,14,18H,3,8-9H2,1-2H3. The number of alkyl halides is 2. The van der Waals surface area contributed by atoms with Crippen LogP contribution in [0.3, 0.4) is 0 Å². The molecule has 138 valence electrons. The lowest BCUT2D eigenvalue weighted by molar-refractivity contribution is -0.0498. The molecule has 0 aliphatic carbocycles. The number of sulfonamides is 1. The fraction of sp³-hybridized carbons (Fsp3) is 0.400. The number of aryl methyl sites for hydroxylation is 1. The van der Waals surface area contributed by atoms with E-state index in [9.17, 15) is 17.2 Å². The number of benzene rings is 1. The molecule has 0 amide bonds. The number of halogens is 2. The molecule has 0 aliphatic heterocycles. The molecule has 0 radical (unpaired) electrons. The van der Waals surface area contributed by atoms with Gasteiger partial charge in [-0.2, -0.15) is 8.78 Å². The molecule has 0 saturated carbocycles. The maximum Gasteiger partial charge on any atom is 0.387 e. The first-order chi connectivity index (χ1) is 11.7. The molecule has 0 fully saturated rings. The van der Waals surface area contributed by atoms with Gasteiger partial charge >= 0.3 is 6.61 Å². The molecule has 1 aromatic carbocycles. The quantitative estimate of drug-likeness (QED) is 0.703. The molecule has 6 nitrogen and oxygen atoms in total. The monoisotopic (exact) mass is 391 g/mol. The van der Waals surface area contributed by atoms with E-state index in [1.54, 1.807) is 12.1 Å². The van der Waals surface area contributed by atoms with E-state index in [1.807, 2.05) is 16.9 Å². The minimum Gasteiger partial charge on any atom is -0.435 e. The molecule has 0 bridgehead atoms. The molecule has 1 N–H and O–H groups in total. The minimum atomic E-state index is -3.19. The molecule has 25 heavy (non-hydrogen) atoms. The third-order valence-electron chi connectivity index (χ3n) is 3.20. The highest BCUT2D eigenvalue weighted by molar-refractivity contribution is 7.88. The van der Waals surface area contributed by atoms with Crippen molar-refractivity contribution in [2.45, 2.75) is 26.5 Å². The van der Waals surface area contributed by atoms with E-state index in [4.69, 9.17) is 0 Å². The Labute approximate surface area is 148 Å². The molecule has 10 heteroatoms. The van der Waals surface area contributed by atoms with Gasteiger partial charge in [-0.25, -0.2) is 18.1 Å². The lowest BCUT2D eigenvalue weighted by Gasteiger charge is -2.07. The van der Waals surface area contributed by atoms with Crippen LogP contribution < -0.4 is 14.3 Å². The summed E-state index contributed by atoms with van der Waals surface area (Å²) in [4.78, 5) is 5.26. The van der Waals surface area contributed by atoms with Crippen molar-refractivity contribution in [3.63, 3.8) is 0 Å².